The second kappa shape index (κ2) is 8.63. The first-order chi connectivity index (χ1) is 12.2. The topological polar surface area (TPSA) is 26.3 Å². The minimum absolute atomic E-state index is 0.260. The maximum absolute atomic E-state index is 12.4. The molecule has 0 aliphatic carbocycles. The van der Waals surface area contributed by atoms with Gasteiger partial charge in [-0.15, -0.1) is 22.7 Å². The maximum atomic E-state index is 12.4. The van der Waals surface area contributed by atoms with E-state index in [4.69, 9.17) is 4.74 Å². The van der Waals surface area contributed by atoms with Crippen LogP contribution < -0.4 is 4.74 Å². The Labute approximate surface area is 157 Å². The molecule has 2 aromatic heterocycles. The molecule has 0 saturated carbocycles. The molecular formula is C21H24O2S2. The van der Waals surface area contributed by atoms with Gasteiger partial charge in [-0.2, -0.15) is 0 Å². The van der Waals surface area contributed by atoms with Gasteiger partial charge < -0.3 is 4.74 Å². The molecule has 0 spiro atoms. The van der Waals surface area contributed by atoms with Crippen LogP contribution in [0.5, 0.6) is 5.75 Å². The number of esters is 1. The van der Waals surface area contributed by atoms with E-state index >= 15 is 0 Å². The van der Waals surface area contributed by atoms with Crippen LogP contribution >= 0.6 is 22.7 Å². The van der Waals surface area contributed by atoms with Gasteiger partial charge in [0, 0.05) is 14.3 Å². The van der Waals surface area contributed by atoms with Crippen LogP contribution in [0.15, 0.2) is 36.4 Å². The van der Waals surface area contributed by atoms with Crippen molar-refractivity contribution in [3.05, 3.63) is 51.7 Å². The lowest BCUT2D eigenvalue weighted by molar-refractivity contribution is 0.0740. The zero-order valence-electron chi connectivity index (χ0n) is 14.8. The van der Waals surface area contributed by atoms with Crippen molar-refractivity contribution < 1.29 is 9.53 Å². The Bertz CT molecular complexity index is 796. The zero-order chi connectivity index (χ0) is 17.6. The van der Waals surface area contributed by atoms with Crippen LogP contribution in [0.25, 0.3) is 9.40 Å². The van der Waals surface area contributed by atoms with Gasteiger partial charge in [-0.05, 0) is 49.1 Å². The van der Waals surface area contributed by atoms with Gasteiger partial charge in [-0.25, -0.2) is 4.79 Å². The van der Waals surface area contributed by atoms with E-state index in [0.717, 1.165) is 19.3 Å². The lowest BCUT2D eigenvalue weighted by Crippen LogP contribution is -2.06. The third-order valence-corrected chi connectivity index (χ3v) is 6.49. The molecule has 0 bridgehead atoms. The summed E-state index contributed by atoms with van der Waals surface area (Å²) in [5.74, 6) is 0.353. The third kappa shape index (κ3) is 4.71. The normalized spacial score (nSPS) is 11.1. The molecule has 0 amide bonds. The van der Waals surface area contributed by atoms with Crippen molar-refractivity contribution >= 4 is 38.0 Å². The molecule has 0 fully saturated rings. The molecule has 0 unspecified atom stereocenters. The first-order valence-corrected chi connectivity index (χ1v) is 10.7. The zero-order valence-corrected chi connectivity index (χ0v) is 16.5. The van der Waals surface area contributed by atoms with Crippen molar-refractivity contribution in [1.29, 1.82) is 0 Å². The first kappa shape index (κ1) is 18.2. The molecule has 0 atom stereocenters. The molecule has 2 heterocycles. The van der Waals surface area contributed by atoms with Gasteiger partial charge in [0.2, 0.25) is 0 Å². The molecule has 2 nitrogen and oxygen atoms in total. The van der Waals surface area contributed by atoms with Gasteiger partial charge in [0.25, 0.3) is 0 Å². The Kier molecular flexibility index (Phi) is 6.27. The number of carbonyl (C=O) groups is 1. The fraction of sp³-hybridized carbons (Fsp3) is 0.381. The SMILES string of the molecule is CCCCCc1cc2sc(C(=O)Oc3ccc(CCC)cc3)cc2s1. The van der Waals surface area contributed by atoms with Crippen molar-refractivity contribution in [3.8, 4) is 5.75 Å². The number of hydrogen-bond acceptors (Lipinski definition) is 4. The number of aryl methyl sites for hydroxylation is 2. The van der Waals surface area contributed by atoms with E-state index in [0.29, 0.717) is 10.6 Å². The second-order valence-electron chi connectivity index (χ2n) is 6.29. The molecule has 3 rings (SSSR count). The fourth-order valence-electron chi connectivity index (χ4n) is 2.83. The molecule has 0 saturated heterocycles. The highest BCUT2D eigenvalue weighted by molar-refractivity contribution is 7.28. The molecule has 1 aromatic carbocycles. The molecule has 3 aromatic rings. The Morgan fingerprint density at radius 3 is 2.36 bits per heavy atom. The average molecular weight is 373 g/mol. The van der Waals surface area contributed by atoms with Crippen LogP contribution in [0.4, 0.5) is 0 Å². The largest absolute Gasteiger partial charge is 0.422 e. The number of ether oxygens (including phenoxy) is 1. The van der Waals surface area contributed by atoms with E-state index in [-0.39, 0.29) is 5.97 Å². The summed E-state index contributed by atoms with van der Waals surface area (Å²) in [6.07, 6.45) is 7.08. The van der Waals surface area contributed by atoms with Gasteiger partial charge in [-0.3, -0.25) is 0 Å². The summed E-state index contributed by atoms with van der Waals surface area (Å²) in [6.45, 7) is 4.38. The highest BCUT2D eigenvalue weighted by Gasteiger charge is 2.15. The van der Waals surface area contributed by atoms with Crippen molar-refractivity contribution in [2.75, 3.05) is 0 Å². The summed E-state index contributed by atoms with van der Waals surface area (Å²) in [7, 11) is 0. The van der Waals surface area contributed by atoms with E-state index in [9.17, 15) is 4.79 Å². The van der Waals surface area contributed by atoms with Crippen molar-refractivity contribution in [1.82, 2.24) is 0 Å². The first-order valence-electron chi connectivity index (χ1n) is 9.03. The number of thiophene rings is 2. The number of unbranched alkanes of at least 4 members (excludes halogenated alkanes) is 2. The minimum Gasteiger partial charge on any atom is -0.422 e. The lowest BCUT2D eigenvalue weighted by atomic mass is 10.1. The van der Waals surface area contributed by atoms with Crippen LogP contribution in [-0.2, 0) is 12.8 Å². The lowest BCUT2D eigenvalue weighted by Gasteiger charge is -2.04. The third-order valence-electron chi connectivity index (χ3n) is 4.16. The molecule has 0 N–H and O–H groups in total. The van der Waals surface area contributed by atoms with Gasteiger partial charge in [0.05, 0.1) is 0 Å². The monoisotopic (exact) mass is 372 g/mol. The quantitative estimate of drug-likeness (QED) is 0.245. The Morgan fingerprint density at radius 2 is 1.68 bits per heavy atom. The molecular weight excluding hydrogens is 348 g/mol. The smallest absolute Gasteiger partial charge is 0.353 e. The predicted molar refractivity (Wildman–Crippen MR) is 108 cm³/mol. The van der Waals surface area contributed by atoms with Crippen LogP contribution in [-0.4, -0.2) is 5.97 Å². The molecule has 132 valence electrons. The highest BCUT2D eigenvalue weighted by Crippen LogP contribution is 2.34. The highest BCUT2D eigenvalue weighted by atomic mass is 32.1. The molecule has 25 heavy (non-hydrogen) atoms. The van der Waals surface area contributed by atoms with Gasteiger partial charge in [0.1, 0.15) is 10.6 Å². The van der Waals surface area contributed by atoms with E-state index < -0.39 is 0 Å². The number of fused-ring (bicyclic) bond motifs is 1. The van der Waals surface area contributed by atoms with E-state index in [1.165, 1.54) is 50.4 Å². The number of benzene rings is 1. The number of hydrogen-bond donors (Lipinski definition) is 0. The summed E-state index contributed by atoms with van der Waals surface area (Å²) in [4.78, 5) is 14.5. The van der Waals surface area contributed by atoms with Crippen LogP contribution in [0.2, 0.25) is 0 Å². The Morgan fingerprint density at radius 1 is 0.920 bits per heavy atom. The van der Waals surface area contributed by atoms with Crippen molar-refractivity contribution in [2.24, 2.45) is 0 Å². The summed E-state index contributed by atoms with van der Waals surface area (Å²) in [5, 5.41) is 0. The minimum atomic E-state index is -0.260. The standard InChI is InChI=1S/C21H24O2S2/c1-3-5-6-8-17-13-18-19(24-17)14-20(25-18)21(22)23-16-11-9-15(7-4-2)10-12-16/h9-14H,3-8H2,1-2H3. The second-order valence-corrected chi connectivity index (χ2v) is 8.54. The molecule has 4 heteroatoms. The Hall–Kier alpha value is -1.65. The Balaban J connectivity index is 1.64. The van der Waals surface area contributed by atoms with Gasteiger partial charge in [0.15, 0.2) is 0 Å². The van der Waals surface area contributed by atoms with Crippen molar-refractivity contribution in [2.45, 2.75) is 52.4 Å². The van der Waals surface area contributed by atoms with Crippen LogP contribution in [0.1, 0.15) is 59.6 Å². The van der Waals surface area contributed by atoms with Gasteiger partial charge >= 0.3 is 5.97 Å². The summed E-state index contributed by atoms with van der Waals surface area (Å²) in [5.41, 5.74) is 1.27. The summed E-state index contributed by atoms with van der Waals surface area (Å²) >= 11 is 3.33. The summed E-state index contributed by atoms with van der Waals surface area (Å²) < 4.78 is 7.91. The summed E-state index contributed by atoms with van der Waals surface area (Å²) in [6, 6.07) is 12.0. The van der Waals surface area contributed by atoms with E-state index in [1.807, 2.05) is 30.3 Å². The average Bonchev–Trinajstić information content (AvgIpc) is 3.16. The molecule has 0 radical (unpaired) electrons. The van der Waals surface area contributed by atoms with Crippen LogP contribution in [0, 0.1) is 0 Å². The van der Waals surface area contributed by atoms with Crippen LogP contribution in [0.3, 0.4) is 0 Å². The van der Waals surface area contributed by atoms with Crippen molar-refractivity contribution in [3.63, 3.8) is 0 Å². The maximum Gasteiger partial charge on any atom is 0.353 e. The van der Waals surface area contributed by atoms with E-state index in [1.54, 1.807) is 11.3 Å². The fourth-order valence-corrected chi connectivity index (χ4v) is 5.17. The molecule has 0 aliphatic rings. The number of rotatable bonds is 8. The number of carbonyl (C=O) groups excluding carboxylic acids is 1. The van der Waals surface area contributed by atoms with E-state index in [2.05, 4.69) is 19.9 Å². The van der Waals surface area contributed by atoms with Gasteiger partial charge in [-0.1, -0.05) is 45.2 Å². The molecule has 0 aliphatic heterocycles. The predicted octanol–water partition coefficient (Wildman–Crippen LogP) is 6.87.